The fourth-order valence-corrected chi connectivity index (χ4v) is 3.87. The van der Waals surface area contributed by atoms with E-state index in [9.17, 15) is 8.42 Å². The predicted molar refractivity (Wildman–Crippen MR) is 56.7 cm³/mol. The van der Waals surface area contributed by atoms with Gasteiger partial charge < -0.3 is 0 Å². The lowest BCUT2D eigenvalue weighted by atomic mass is 9.75. The Morgan fingerprint density at radius 3 is 2.14 bits per heavy atom. The Bertz CT molecular complexity index is 292. The van der Waals surface area contributed by atoms with E-state index in [1.54, 1.807) is 0 Å². The summed E-state index contributed by atoms with van der Waals surface area (Å²) in [6.45, 7) is 6.37. The summed E-state index contributed by atoms with van der Waals surface area (Å²) in [5, 5.41) is 0. The molecule has 0 heterocycles. The molecule has 1 fully saturated rings. The van der Waals surface area contributed by atoms with Crippen LogP contribution in [-0.4, -0.2) is 18.7 Å². The van der Waals surface area contributed by atoms with Gasteiger partial charge in [-0.15, -0.1) is 0 Å². The summed E-state index contributed by atoms with van der Waals surface area (Å²) in [6.07, 6.45) is 3.10. The van der Waals surface area contributed by atoms with Gasteiger partial charge in [-0.1, -0.05) is 27.2 Å². The van der Waals surface area contributed by atoms with E-state index in [0.717, 1.165) is 19.3 Å². The van der Waals surface area contributed by atoms with Crippen molar-refractivity contribution in [3.63, 3.8) is 0 Å². The molecule has 1 aliphatic rings. The van der Waals surface area contributed by atoms with E-state index in [4.69, 9.17) is 4.55 Å². The summed E-state index contributed by atoms with van der Waals surface area (Å²) in [5.74, 6) is 0.632. The molecule has 0 spiro atoms. The highest BCUT2D eigenvalue weighted by Gasteiger charge is 2.43. The molecule has 0 amide bonds. The van der Waals surface area contributed by atoms with Crippen molar-refractivity contribution in [3.8, 4) is 0 Å². The highest BCUT2D eigenvalue weighted by molar-refractivity contribution is 7.85. The average molecular weight is 220 g/mol. The van der Waals surface area contributed by atoms with E-state index in [0.29, 0.717) is 5.92 Å². The molecule has 0 aromatic carbocycles. The van der Waals surface area contributed by atoms with Crippen LogP contribution in [-0.2, 0) is 10.1 Å². The summed E-state index contributed by atoms with van der Waals surface area (Å²) >= 11 is 0. The molecule has 1 saturated carbocycles. The lowest BCUT2D eigenvalue weighted by Crippen LogP contribution is -2.29. The summed E-state index contributed by atoms with van der Waals surface area (Å²) in [4.78, 5) is 0. The minimum atomic E-state index is -3.81. The third kappa shape index (κ3) is 2.48. The van der Waals surface area contributed by atoms with Gasteiger partial charge in [0.15, 0.2) is 0 Å². The Hall–Kier alpha value is -0.0900. The topological polar surface area (TPSA) is 54.4 Å². The SMILES string of the molecule is CCC1CCC(CS(=O)(=O)O)C1(C)C. The van der Waals surface area contributed by atoms with Crippen LogP contribution in [0.4, 0.5) is 0 Å². The second kappa shape index (κ2) is 3.81. The van der Waals surface area contributed by atoms with Gasteiger partial charge in [0.05, 0.1) is 5.75 Å². The van der Waals surface area contributed by atoms with Crippen molar-refractivity contribution in [2.75, 3.05) is 5.75 Å². The second-order valence-electron chi connectivity index (χ2n) is 4.95. The zero-order valence-corrected chi connectivity index (χ0v) is 9.97. The summed E-state index contributed by atoms with van der Waals surface area (Å²) in [6, 6.07) is 0. The first-order chi connectivity index (χ1) is 6.27. The highest BCUT2D eigenvalue weighted by atomic mass is 32.2. The molecule has 1 aliphatic carbocycles. The van der Waals surface area contributed by atoms with Crippen molar-refractivity contribution in [1.82, 2.24) is 0 Å². The first kappa shape index (κ1) is 12.0. The maximum Gasteiger partial charge on any atom is 0.265 e. The van der Waals surface area contributed by atoms with Crippen molar-refractivity contribution in [2.45, 2.75) is 40.0 Å². The van der Waals surface area contributed by atoms with Crippen molar-refractivity contribution in [3.05, 3.63) is 0 Å². The Balaban J connectivity index is 2.74. The van der Waals surface area contributed by atoms with Crippen molar-refractivity contribution in [2.24, 2.45) is 17.3 Å². The Morgan fingerprint density at radius 1 is 1.29 bits per heavy atom. The van der Waals surface area contributed by atoms with Gasteiger partial charge in [0.1, 0.15) is 0 Å². The first-order valence-corrected chi connectivity index (χ1v) is 6.83. The van der Waals surface area contributed by atoms with E-state index in [-0.39, 0.29) is 17.1 Å². The van der Waals surface area contributed by atoms with Crippen LogP contribution >= 0.6 is 0 Å². The molecular weight excluding hydrogens is 200 g/mol. The average Bonchev–Trinajstić information content (AvgIpc) is 2.24. The molecule has 0 radical (unpaired) electrons. The molecule has 1 N–H and O–H groups in total. The smallest absolute Gasteiger partial charge is 0.265 e. The lowest BCUT2D eigenvalue weighted by Gasteiger charge is -2.32. The molecule has 2 unspecified atom stereocenters. The molecule has 84 valence electrons. The maximum absolute atomic E-state index is 10.8. The number of hydrogen-bond donors (Lipinski definition) is 1. The molecule has 1 rings (SSSR count). The zero-order chi connectivity index (χ0) is 11.0. The van der Waals surface area contributed by atoms with E-state index in [1.165, 1.54) is 0 Å². The minimum absolute atomic E-state index is 0.0462. The van der Waals surface area contributed by atoms with Crippen LogP contribution in [0.5, 0.6) is 0 Å². The van der Waals surface area contributed by atoms with Crippen molar-refractivity contribution in [1.29, 1.82) is 0 Å². The molecule has 0 aromatic rings. The van der Waals surface area contributed by atoms with E-state index >= 15 is 0 Å². The van der Waals surface area contributed by atoms with Crippen LogP contribution in [0.15, 0.2) is 0 Å². The van der Waals surface area contributed by atoms with E-state index in [2.05, 4.69) is 20.8 Å². The Kier molecular flexibility index (Phi) is 3.26. The van der Waals surface area contributed by atoms with Gasteiger partial charge in [-0.05, 0) is 30.1 Å². The molecule has 0 saturated heterocycles. The molecule has 2 atom stereocenters. The lowest BCUT2D eigenvalue weighted by molar-refractivity contribution is 0.193. The summed E-state index contributed by atoms with van der Waals surface area (Å²) in [7, 11) is -3.81. The van der Waals surface area contributed by atoms with Crippen LogP contribution < -0.4 is 0 Å². The molecule has 0 aromatic heterocycles. The fraction of sp³-hybridized carbons (Fsp3) is 1.00. The van der Waals surface area contributed by atoms with Gasteiger partial charge in [-0.2, -0.15) is 8.42 Å². The third-order valence-electron chi connectivity index (χ3n) is 3.87. The van der Waals surface area contributed by atoms with E-state index in [1.807, 2.05) is 0 Å². The molecule has 0 aliphatic heterocycles. The zero-order valence-electron chi connectivity index (χ0n) is 9.16. The summed E-state index contributed by atoms with van der Waals surface area (Å²) in [5.41, 5.74) is 0.0462. The van der Waals surface area contributed by atoms with Crippen LogP contribution in [0, 0.1) is 17.3 Å². The predicted octanol–water partition coefficient (Wildman–Crippen LogP) is 2.34. The monoisotopic (exact) mass is 220 g/mol. The molecule has 4 heteroatoms. The van der Waals surface area contributed by atoms with Crippen LogP contribution in [0.3, 0.4) is 0 Å². The minimum Gasteiger partial charge on any atom is -0.286 e. The molecular formula is C10H20O3S. The van der Waals surface area contributed by atoms with Crippen LogP contribution in [0.25, 0.3) is 0 Å². The third-order valence-corrected chi connectivity index (χ3v) is 4.70. The highest BCUT2D eigenvalue weighted by Crippen LogP contribution is 2.49. The normalized spacial score (nSPS) is 32.0. The number of rotatable bonds is 3. The van der Waals surface area contributed by atoms with Gasteiger partial charge in [0.25, 0.3) is 10.1 Å². The summed E-state index contributed by atoms with van der Waals surface area (Å²) < 4.78 is 30.5. The van der Waals surface area contributed by atoms with E-state index < -0.39 is 10.1 Å². The Morgan fingerprint density at radius 2 is 1.79 bits per heavy atom. The Labute approximate surface area is 86.6 Å². The largest absolute Gasteiger partial charge is 0.286 e. The van der Waals surface area contributed by atoms with Crippen LogP contribution in [0.2, 0.25) is 0 Å². The number of hydrogen-bond acceptors (Lipinski definition) is 2. The standard InChI is InChI=1S/C10H20O3S/c1-4-8-5-6-9(10(8,2)3)7-14(11,12)13/h8-9H,4-7H2,1-3H3,(H,11,12,13). The second-order valence-corrected chi connectivity index (χ2v) is 6.45. The maximum atomic E-state index is 10.8. The van der Waals surface area contributed by atoms with Crippen LogP contribution in [0.1, 0.15) is 40.0 Å². The first-order valence-electron chi connectivity index (χ1n) is 5.22. The molecule has 3 nitrogen and oxygen atoms in total. The molecule has 0 bridgehead atoms. The van der Waals surface area contributed by atoms with Gasteiger partial charge in [0, 0.05) is 0 Å². The van der Waals surface area contributed by atoms with Gasteiger partial charge in [-0.25, -0.2) is 0 Å². The van der Waals surface area contributed by atoms with Crippen molar-refractivity contribution >= 4 is 10.1 Å². The van der Waals surface area contributed by atoms with Gasteiger partial charge >= 0.3 is 0 Å². The fourth-order valence-electron chi connectivity index (χ4n) is 2.76. The van der Waals surface area contributed by atoms with Crippen molar-refractivity contribution < 1.29 is 13.0 Å². The quantitative estimate of drug-likeness (QED) is 0.743. The molecule has 14 heavy (non-hydrogen) atoms. The van der Waals surface area contributed by atoms with Gasteiger partial charge in [0.2, 0.25) is 0 Å². The van der Waals surface area contributed by atoms with Gasteiger partial charge in [-0.3, -0.25) is 4.55 Å².